The zero-order valence-corrected chi connectivity index (χ0v) is 13.1. The maximum absolute atomic E-state index is 5.63. The average molecular weight is 282 g/mol. The lowest BCUT2D eigenvalue weighted by Crippen LogP contribution is -2.13. The fraction of sp³-hybridized carbons (Fsp3) is 0.450. The third-order valence-electron chi connectivity index (χ3n) is 4.48. The van der Waals surface area contributed by atoms with Crippen molar-refractivity contribution >= 4 is 0 Å². The van der Waals surface area contributed by atoms with Crippen molar-refractivity contribution < 1.29 is 4.74 Å². The molecule has 0 bridgehead atoms. The van der Waals surface area contributed by atoms with E-state index >= 15 is 0 Å². The highest BCUT2D eigenvalue weighted by Gasteiger charge is 2.21. The second kappa shape index (κ2) is 7.90. The molecular formula is C20H26O. The SMILES string of the molecule is C=C=C(C=C)Oc1ccc(C2CCC(CCC)CC2)cc1. The first-order valence-electron chi connectivity index (χ1n) is 8.07. The van der Waals surface area contributed by atoms with Crippen molar-refractivity contribution in [2.75, 3.05) is 0 Å². The summed E-state index contributed by atoms with van der Waals surface area (Å²) in [5.74, 6) is 3.08. The van der Waals surface area contributed by atoms with E-state index in [1.54, 1.807) is 6.08 Å². The minimum atomic E-state index is 0.572. The summed E-state index contributed by atoms with van der Waals surface area (Å²) in [4.78, 5) is 0. The van der Waals surface area contributed by atoms with E-state index < -0.39 is 0 Å². The number of rotatable bonds is 6. The van der Waals surface area contributed by atoms with Crippen LogP contribution in [0.2, 0.25) is 0 Å². The van der Waals surface area contributed by atoms with Crippen LogP contribution in [0.3, 0.4) is 0 Å². The van der Waals surface area contributed by atoms with Crippen LogP contribution in [0.15, 0.2) is 55.0 Å². The maximum Gasteiger partial charge on any atom is 0.168 e. The molecule has 1 nitrogen and oxygen atoms in total. The summed E-state index contributed by atoms with van der Waals surface area (Å²) in [7, 11) is 0. The van der Waals surface area contributed by atoms with Crippen LogP contribution in [0, 0.1) is 5.92 Å². The van der Waals surface area contributed by atoms with Crippen LogP contribution in [-0.4, -0.2) is 0 Å². The highest BCUT2D eigenvalue weighted by molar-refractivity contribution is 5.31. The minimum Gasteiger partial charge on any atom is -0.449 e. The standard InChI is InChI=1S/C20H26O/c1-4-7-16-8-10-17(11-9-16)18-12-14-20(15-13-18)21-19(5-2)6-3/h5,12-17H,2-4,7-11H2,1H3. The third-order valence-corrected chi connectivity index (χ3v) is 4.48. The average Bonchev–Trinajstić information content (AvgIpc) is 2.54. The van der Waals surface area contributed by atoms with Gasteiger partial charge in [-0.1, -0.05) is 50.8 Å². The Kier molecular flexibility index (Phi) is 5.90. The predicted octanol–water partition coefficient (Wildman–Crippen LogP) is 5.99. The molecule has 0 saturated heterocycles. The molecule has 0 amide bonds. The van der Waals surface area contributed by atoms with Gasteiger partial charge in [0, 0.05) is 0 Å². The molecule has 112 valence electrons. The second-order valence-corrected chi connectivity index (χ2v) is 5.92. The van der Waals surface area contributed by atoms with Crippen LogP contribution in [0.4, 0.5) is 0 Å². The Labute approximate surface area is 129 Å². The first-order chi connectivity index (χ1) is 10.3. The van der Waals surface area contributed by atoms with Crippen molar-refractivity contribution in [3.05, 3.63) is 60.6 Å². The van der Waals surface area contributed by atoms with Gasteiger partial charge in [-0.15, -0.1) is 0 Å². The van der Waals surface area contributed by atoms with E-state index in [0.717, 1.165) is 17.6 Å². The fourth-order valence-electron chi connectivity index (χ4n) is 3.28. The lowest BCUT2D eigenvalue weighted by Gasteiger charge is -2.28. The Morgan fingerprint density at radius 1 is 1.24 bits per heavy atom. The molecule has 0 N–H and O–H groups in total. The molecule has 1 fully saturated rings. The molecule has 2 rings (SSSR count). The molecule has 0 atom stereocenters. The van der Waals surface area contributed by atoms with E-state index in [9.17, 15) is 0 Å². The predicted molar refractivity (Wildman–Crippen MR) is 89.5 cm³/mol. The van der Waals surface area contributed by atoms with E-state index in [1.165, 1.54) is 44.1 Å². The summed E-state index contributed by atoms with van der Waals surface area (Å²) in [6, 6.07) is 8.47. The highest BCUT2D eigenvalue weighted by atomic mass is 16.5. The lowest BCUT2D eigenvalue weighted by molar-refractivity contribution is 0.308. The molecule has 1 aromatic carbocycles. The largest absolute Gasteiger partial charge is 0.449 e. The van der Waals surface area contributed by atoms with Gasteiger partial charge in [0.2, 0.25) is 0 Å². The van der Waals surface area contributed by atoms with Crippen molar-refractivity contribution in [2.24, 2.45) is 5.92 Å². The normalized spacial score (nSPS) is 21.4. The monoisotopic (exact) mass is 282 g/mol. The van der Waals surface area contributed by atoms with Gasteiger partial charge in [-0.05, 0) is 61.3 Å². The first kappa shape index (κ1) is 15.7. The summed E-state index contributed by atoms with van der Waals surface area (Å²) in [6.45, 7) is 9.55. The number of hydrogen-bond acceptors (Lipinski definition) is 1. The summed E-state index contributed by atoms with van der Waals surface area (Å²) in [5, 5.41) is 0. The van der Waals surface area contributed by atoms with Crippen LogP contribution < -0.4 is 4.74 Å². The smallest absolute Gasteiger partial charge is 0.168 e. The van der Waals surface area contributed by atoms with E-state index in [4.69, 9.17) is 4.74 Å². The van der Waals surface area contributed by atoms with Gasteiger partial charge in [-0.25, -0.2) is 0 Å². The topological polar surface area (TPSA) is 9.23 Å². The molecule has 1 aliphatic rings. The van der Waals surface area contributed by atoms with Gasteiger partial charge in [0.05, 0.1) is 0 Å². The van der Waals surface area contributed by atoms with E-state index in [-0.39, 0.29) is 0 Å². The molecule has 1 heteroatoms. The van der Waals surface area contributed by atoms with Crippen molar-refractivity contribution in [3.8, 4) is 5.75 Å². The van der Waals surface area contributed by atoms with E-state index in [1.807, 2.05) is 12.1 Å². The Balaban J connectivity index is 1.94. The van der Waals surface area contributed by atoms with Gasteiger partial charge in [-0.2, -0.15) is 0 Å². The zero-order chi connectivity index (χ0) is 15.1. The summed E-state index contributed by atoms with van der Waals surface area (Å²) >= 11 is 0. The van der Waals surface area contributed by atoms with Crippen LogP contribution in [-0.2, 0) is 0 Å². The molecule has 0 spiro atoms. The van der Waals surface area contributed by atoms with E-state index in [2.05, 4.69) is 37.9 Å². The van der Waals surface area contributed by atoms with Crippen LogP contribution in [0.5, 0.6) is 5.75 Å². The molecule has 1 saturated carbocycles. The van der Waals surface area contributed by atoms with Crippen molar-refractivity contribution in [1.29, 1.82) is 0 Å². The second-order valence-electron chi connectivity index (χ2n) is 5.92. The molecule has 0 unspecified atom stereocenters. The van der Waals surface area contributed by atoms with Gasteiger partial charge in [-0.3, -0.25) is 0 Å². The van der Waals surface area contributed by atoms with Gasteiger partial charge in [0.1, 0.15) is 5.75 Å². The lowest BCUT2D eigenvalue weighted by atomic mass is 9.77. The van der Waals surface area contributed by atoms with Gasteiger partial charge >= 0.3 is 0 Å². The summed E-state index contributed by atoms with van der Waals surface area (Å²) in [5.41, 5.74) is 4.17. The van der Waals surface area contributed by atoms with Crippen molar-refractivity contribution in [1.82, 2.24) is 0 Å². The van der Waals surface area contributed by atoms with Gasteiger partial charge in [0.25, 0.3) is 0 Å². The third kappa shape index (κ3) is 4.37. The van der Waals surface area contributed by atoms with Gasteiger partial charge in [0.15, 0.2) is 5.76 Å². The number of allylic oxidation sites excluding steroid dienone is 1. The number of benzene rings is 1. The Morgan fingerprint density at radius 3 is 2.43 bits per heavy atom. The fourth-order valence-corrected chi connectivity index (χ4v) is 3.28. The zero-order valence-electron chi connectivity index (χ0n) is 13.1. The minimum absolute atomic E-state index is 0.572. The van der Waals surface area contributed by atoms with Gasteiger partial charge < -0.3 is 4.74 Å². The molecule has 1 aliphatic carbocycles. The van der Waals surface area contributed by atoms with Crippen LogP contribution >= 0.6 is 0 Å². The van der Waals surface area contributed by atoms with Crippen LogP contribution in [0.1, 0.15) is 56.9 Å². The molecule has 0 aliphatic heterocycles. The Hall–Kier alpha value is -1.72. The Morgan fingerprint density at radius 2 is 1.90 bits per heavy atom. The highest BCUT2D eigenvalue weighted by Crippen LogP contribution is 2.37. The van der Waals surface area contributed by atoms with E-state index in [0.29, 0.717) is 5.76 Å². The quantitative estimate of drug-likeness (QED) is 0.353. The molecule has 1 aromatic rings. The number of hydrogen-bond donors (Lipinski definition) is 0. The molecule has 0 aromatic heterocycles. The molecule has 0 heterocycles. The van der Waals surface area contributed by atoms with Crippen molar-refractivity contribution in [3.63, 3.8) is 0 Å². The molecule has 0 radical (unpaired) electrons. The van der Waals surface area contributed by atoms with Crippen molar-refractivity contribution in [2.45, 2.75) is 51.4 Å². The summed E-state index contributed by atoms with van der Waals surface area (Å²) in [6.07, 6.45) is 9.77. The number of ether oxygens (including phenoxy) is 1. The first-order valence-corrected chi connectivity index (χ1v) is 8.07. The molecule has 21 heavy (non-hydrogen) atoms. The molecular weight excluding hydrogens is 256 g/mol. The summed E-state index contributed by atoms with van der Waals surface area (Å²) < 4.78 is 5.63. The maximum atomic E-state index is 5.63. The Bertz CT molecular complexity index is 497. The van der Waals surface area contributed by atoms with Crippen LogP contribution in [0.25, 0.3) is 0 Å².